The second-order valence-corrected chi connectivity index (χ2v) is 19.4. The number of benzene rings is 3. The summed E-state index contributed by atoms with van der Waals surface area (Å²) in [5, 5.41) is 19.5. The highest BCUT2D eigenvalue weighted by molar-refractivity contribution is 5.94. The molecule has 2 saturated carbocycles. The predicted molar refractivity (Wildman–Crippen MR) is 266 cm³/mol. The maximum absolute atomic E-state index is 16.2. The number of hydrogen-bond donors (Lipinski definition) is 2. The molecule has 7 nitrogen and oxygen atoms in total. The molecule has 8 heteroatoms. The summed E-state index contributed by atoms with van der Waals surface area (Å²) in [7, 11) is 0. The predicted octanol–water partition coefficient (Wildman–Crippen LogP) is 13.3. The Kier molecular flexibility index (Phi) is 22.1. The highest BCUT2D eigenvalue weighted by Gasteiger charge is 2.31. The van der Waals surface area contributed by atoms with E-state index in [4.69, 9.17) is 14.2 Å². The number of carbonyl (C=O) groups is 2. The fourth-order valence-electron chi connectivity index (χ4n) is 10.4. The van der Waals surface area contributed by atoms with Crippen LogP contribution in [-0.4, -0.2) is 61.6 Å². The van der Waals surface area contributed by atoms with Gasteiger partial charge in [-0.15, -0.1) is 0 Å². The molecule has 0 aliphatic heterocycles. The van der Waals surface area contributed by atoms with Crippen LogP contribution in [0.3, 0.4) is 0 Å². The fraction of sp³-hybridized carbons (Fsp3) is 0.586. The minimum absolute atomic E-state index is 0.00808. The number of aryl methyl sites for hydroxylation is 3. The number of esters is 1. The summed E-state index contributed by atoms with van der Waals surface area (Å²) in [6, 6.07) is 16.5. The van der Waals surface area contributed by atoms with Gasteiger partial charge < -0.3 is 24.4 Å². The van der Waals surface area contributed by atoms with Crippen molar-refractivity contribution in [1.82, 2.24) is 0 Å². The molecule has 0 radical (unpaired) electrons. The van der Waals surface area contributed by atoms with E-state index in [0.29, 0.717) is 74.4 Å². The van der Waals surface area contributed by atoms with E-state index in [-0.39, 0.29) is 43.9 Å². The van der Waals surface area contributed by atoms with Crippen molar-refractivity contribution < 1.29 is 38.4 Å². The monoisotopic (exact) mass is 909 g/mol. The molecule has 66 heavy (non-hydrogen) atoms. The Hall–Kier alpha value is -4.11. The molecule has 0 atom stereocenters. The van der Waals surface area contributed by atoms with Crippen molar-refractivity contribution >= 4 is 11.8 Å². The Morgan fingerprint density at radius 3 is 1.98 bits per heavy atom. The molecule has 2 N–H and O–H groups in total. The van der Waals surface area contributed by atoms with Crippen LogP contribution in [0.15, 0.2) is 72.8 Å². The smallest absolute Gasteiger partial charge is 0.333 e. The number of ketones is 1. The molecular weight excluding hydrogens is 828 g/mol. The molecule has 3 aromatic carbocycles. The first-order chi connectivity index (χ1) is 32.0. The third-order valence-electron chi connectivity index (χ3n) is 14.5. The molecule has 0 aromatic heterocycles. The maximum atomic E-state index is 16.2. The van der Waals surface area contributed by atoms with E-state index in [1.54, 1.807) is 13.0 Å². The van der Waals surface area contributed by atoms with E-state index in [1.165, 1.54) is 64.2 Å². The van der Waals surface area contributed by atoms with Gasteiger partial charge in [-0.3, -0.25) is 4.79 Å². The second kappa shape index (κ2) is 27.6. The van der Waals surface area contributed by atoms with Gasteiger partial charge in [0.15, 0.2) is 5.78 Å². The standard InChI is InChI=1S/C58H81FO7/c1-7-10-11-14-42-17-19-45(20-18-42)46-21-23-47(24-22-46)48-25-28-54(55(59)36-48)49-26-27-53(44(8-2)33-49)52-34-50(15-12-30-64-39-41(6)56(62)9-3)57(65-32-29-43(37-60)38-61)51(35-52)16-13-31-66-58(63)40(4)5/h25-28,33-36,42-43,45-47,60-61H,4,6-24,29-32,37-39H2,1-3,5H3. The number of aliphatic hydroxyl groups excluding tert-OH is 2. The number of carbonyl (C=O) groups excluding carboxylic acids is 2. The average molecular weight is 909 g/mol. The summed E-state index contributed by atoms with van der Waals surface area (Å²) in [4.78, 5) is 24.3. The molecule has 0 amide bonds. The van der Waals surface area contributed by atoms with Gasteiger partial charge in [0.2, 0.25) is 0 Å². The van der Waals surface area contributed by atoms with E-state index in [1.807, 2.05) is 19.1 Å². The van der Waals surface area contributed by atoms with Gasteiger partial charge in [0, 0.05) is 48.9 Å². The van der Waals surface area contributed by atoms with Gasteiger partial charge in [-0.1, -0.05) is 103 Å². The number of unbranched alkanes of at least 4 members (excludes halogenated alkanes) is 2. The summed E-state index contributed by atoms with van der Waals surface area (Å²) in [6.07, 6.45) is 20.0. The van der Waals surface area contributed by atoms with Crippen LogP contribution in [0.2, 0.25) is 0 Å². The van der Waals surface area contributed by atoms with Gasteiger partial charge in [0.25, 0.3) is 0 Å². The lowest BCUT2D eigenvalue weighted by Gasteiger charge is -2.38. The van der Waals surface area contributed by atoms with Crippen LogP contribution in [0, 0.1) is 29.5 Å². The summed E-state index contributed by atoms with van der Waals surface area (Å²) in [5.41, 5.74) is 8.50. The molecule has 0 bridgehead atoms. The SMILES string of the molecule is C=C(C)C(=O)OCCCc1cc(-c2ccc(-c3ccc(C4CCC(C5CCC(CCCCC)CC5)CC4)cc3F)cc2CC)cc(CCCOCC(=C)C(=O)CC)c1OCCC(CO)CO. The van der Waals surface area contributed by atoms with Crippen LogP contribution < -0.4 is 4.74 Å². The summed E-state index contributed by atoms with van der Waals surface area (Å²) in [6.45, 7) is 16.3. The fourth-order valence-corrected chi connectivity index (χ4v) is 10.4. The van der Waals surface area contributed by atoms with E-state index in [2.05, 4.69) is 57.3 Å². The summed E-state index contributed by atoms with van der Waals surface area (Å²) >= 11 is 0. The first-order valence-electron chi connectivity index (χ1n) is 25.5. The van der Waals surface area contributed by atoms with Crippen LogP contribution in [-0.2, 0) is 38.3 Å². The number of Topliss-reactive ketones (excluding diaryl/α,β-unsaturated/α-hetero) is 1. The maximum Gasteiger partial charge on any atom is 0.333 e. The molecule has 3 aromatic rings. The zero-order valence-corrected chi connectivity index (χ0v) is 40.9. The Bertz CT molecular complexity index is 2020. The second-order valence-electron chi connectivity index (χ2n) is 19.4. The number of aliphatic hydroxyl groups is 2. The van der Waals surface area contributed by atoms with Gasteiger partial charge >= 0.3 is 5.97 Å². The molecule has 0 heterocycles. The lowest BCUT2D eigenvalue weighted by molar-refractivity contribution is -0.139. The van der Waals surface area contributed by atoms with Crippen LogP contribution in [0.5, 0.6) is 5.75 Å². The zero-order valence-electron chi connectivity index (χ0n) is 40.9. The summed E-state index contributed by atoms with van der Waals surface area (Å²) in [5.74, 6) is 2.90. The van der Waals surface area contributed by atoms with Gasteiger partial charge in [-0.05, 0) is 165 Å². The van der Waals surface area contributed by atoms with E-state index >= 15 is 4.39 Å². The Morgan fingerprint density at radius 2 is 1.38 bits per heavy atom. The minimum atomic E-state index is -0.426. The Morgan fingerprint density at radius 1 is 0.742 bits per heavy atom. The average Bonchev–Trinajstić information content (AvgIpc) is 3.34. The number of hydrogen-bond acceptors (Lipinski definition) is 7. The van der Waals surface area contributed by atoms with Gasteiger partial charge in [-0.25, -0.2) is 9.18 Å². The van der Waals surface area contributed by atoms with Crippen LogP contribution in [0.1, 0.15) is 159 Å². The topological polar surface area (TPSA) is 102 Å². The van der Waals surface area contributed by atoms with E-state index in [0.717, 1.165) is 81.7 Å². The molecule has 2 aliphatic carbocycles. The largest absolute Gasteiger partial charge is 0.493 e. The highest BCUT2D eigenvalue weighted by Crippen LogP contribution is 2.45. The van der Waals surface area contributed by atoms with Crippen molar-refractivity contribution in [3.63, 3.8) is 0 Å². The van der Waals surface area contributed by atoms with Crippen molar-refractivity contribution in [1.29, 1.82) is 0 Å². The molecule has 0 unspecified atom stereocenters. The van der Waals surface area contributed by atoms with Crippen molar-refractivity contribution in [2.24, 2.45) is 23.7 Å². The van der Waals surface area contributed by atoms with E-state index < -0.39 is 5.97 Å². The van der Waals surface area contributed by atoms with Crippen LogP contribution in [0.4, 0.5) is 4.39 Å². The molecule has 5 rings (SSSR count). The van der Waals surface area contributed by atoms with Crippen molar-refractivity contribution in [3.05, 3.63) is 101 Å². The quantitative estimate of drug-likeness (QED) is 0.0425. The Labute approximate surface area is 396 Å². The van der Waals surface area contributed by atoms with Gasteiger partial charge in [0.05, 0.1) is 19.8 Å². The molecule has 362 valence electrons. The summed E-state index contributed by atoms with van der Waals surface area (Å²) < 4.78 is 34.1. The number of halogens is 1. The molecular formula is C58H81FO7. The van der Waals surface area contributed by atoms with Gasteiger partial charge in [-0.2, -0.15) is 0 Å². The zero-order chi connectivity index (χ0) is 47.4. The lowest BCUT2D eigenvalue weighted by atomic mass is 9.68. The third kappa shape index (κ3) is 15.5. The molecule has 2 aliphatic rings. The highest BCUT2D eigenvalue weighted by atomic mass is 19.1. The van der Waals surface area contributed by atoms with Crippen molar-refractivity contribution in [3.8, 4) is 28.0 Å². The van der Waals surface area contributed by atoms with Crippen LogP contribution in [0.25, 0.3) is 22.3 Å². The normalized spacial score (nSPS) is 18.6. The van der Waals surface area contributed by atoms with Crippen molar-refractivity contribution in [2.75, 3.05) is 39.6 Å². The molecule has 2 fully saturated rings. The van der Waals surface area contributed by atoms with E-state index in [9.17, 15) is 19.8 Å². The molecule has 0 spiro atoms. The number of rotatable bonds is 28. The minimum Gasteiger partial charge on any atom is -0.493 e. The van der Waals surface area contributed by atoms with Crippen LogP contribution >= 0.6 is 0 Å². The molecule has 0 saturated heterocycles. The lowest BCUT2D eigenvalue weighted by Crippen LogP contribution is -2.25. The first-order valence-corrected chi connectivity index (χ1v) is 25.5. The number of ether oxygens (including phenoxy) is 3. The van der Waals surface area contributed by atoms with Crippen molar-refractivity contribution in [2.45, 2.75) is 156 Å². The first kappa shape index (κ1) is 52.9. The third-order valence-corrected chi connectivity index (χ3v) is 14.5. The van der Waals surface area contributed by atoms with Gasteiger partial charge in [0.1, 0.15) is 11.6 Å². The Balaban J connectivity index is 1.35.